The van der Waals surface area contributed by atoms with Gasteiger partial charge in [-0.05, 0) is 107 Å². The smallest absolute Gasteiger partial charge is 0.109 e. The first-order valence-electron chi connectivity index (χ1n) is 50.0. The highest BCUT2D eigenvalue weighted by Gasteiger charge is 2.47. The summed E-state index contributed by atoms with van der Waals surface area (Å²) in [4.78, 5) is 0. The van der Waals surface area contributed by atoms with Crippen LogP contribution in [0.3, 0.4) is 0 Å². The zero-order valence-electron chi connectivity index (χ0n) is 89.0. The highest BCUT2D eigenvalue weighted by molar-refractivity contribution is 6.84. The monoisotopic (exact) mass is 1810 g/mol. The number of ether oxygens (including phenoxy) is 6. The molecule has 0 heterocycles. The molecule has 0 bridgehead atoms. The van der Waals surface area contributed by atoms with Gasteiger partial charge in [0, 0.05) is 39.6 Å². The van der Waals surface area contributed by atoms with E-state index >= 15 is 0 Å². The second-order valence-corrected chi connectivity index (χ2v) is 82.3. The van der Waals surface area contributed by atoms with Gasteiger partial charge in [0.05, 0.1) is 88.1 Å². The van der Waals surface area contributed by atoms with Crippen molar-refractivity contribution in [3.8, 4) is 0 Å². The summed E-state index contributed by atoms with van der Waals surface area (Å²) in [5, 5.41) is 60.8. The highest BCUT2D eigenvalue weighted by Crippen LogP contribution is 2.51. The van der Waals surface area contributed by atoms with Crippen molar-refractivity contribution in [2.75, 3.05) is 79.3 Å². The average molecular weight is 1810 g/mol. The second-order valence-electron chi connectivity index (χ2n) is 51.3. The fourth-order valence-corrected chi connectivity index (χ4v) is 69.8. The van der Waals surface area contributed by atoms with Crippen LogP contribution in [0.5, 0.6) is 0 Å². The zero-order valence-corrected chi connectivity index (χ0v) is 95.0. The maximum atomic E-state index is 10.3. The lowest BCUT2D eigenvalue weighted by Crippen LogP contribution is -2.45. The fourth-order valence-electron chi connectivity index (χ4n) is 25.3. The van der Waals surface area contributed by atoms with E-state index in [4.69, 9.17) is 28.4 Å². The first-order valence-corrected chi connectivity index (χ1v) is 66.2. The van der Waals surface area contributed by atoms with Gasteiger partial charge in [0.15, 0.2) is 0 Å². The van der Waals surface area contributed by atoms with Crippen LogP contribution >= 0.6 is 0 Å². The van der Waals surface area contributed by atoms with E-state index in [1.807, 2.05) is 0 Å². The lowest BCUT2D eigenvalue weighted by molar-refractivity contribution is -0.109. The lowest BCUT2D eigenvalue weighted by atomic mass is 9.99. The van der Waals surface area contributed by atoms with Gasteiger partial charge in [0.25, 0.3) is 0 Å². The number of aliphatic hydroxyl groups excluding tert-OH is 6. The summed E-state index contributed by atoms with van der Waals surface area (Å²) >= 11 is 0. The number of rotatable bonds is 63. The minimum atomic E-state index is -1.63. The van der Waals surface area contributed by atoms with E-state index in [-0.39, 0.29) is 39.6 Å². The van der Waals surface area contributed by atoms with Crippen LogP contribution in [0.25, 0.3) is 0 Å². The van der Waals surface area contributed by atoms with Crippen molar-refractivity contribution < 1.29 is 59.1 Å². The highest BCUT2D eigenvalue weighted by atomic mass is 28.3. The Kier molecular flexibility index (Phi) is 61.8. The molecule has 0 fully saturated rings. The molecule has 18 heteroatoms. The molecule has 0 aromatic rings. The van der Waals surface area contributed by atoms with Gasteiger partial charge in [-0.3, -0.25) is 0 Å². The fraction of sp³-hybridized carbons (Fsp3) is 1.00. The molecule has 0 unspecified atom stereocenters. The minimum absolute atomic E-state index is 0.107. The third-order valence-electron chi connectivity index (χ3n) is 26.2. The Balaban J connectivity index is -0.00000173. The van der Waals surface area contributed by atoms with Gasteiger partial charge in [-0.1, -0.05) is 433 Å². The van der Waals surface area contributed by atoms with Crippen molar-refractivity contribution in [1.82, 2.24) is 0 Å². The summed E-state index contributed by atoms with van der Waals surface area (Å²) in [6.45, 7) is 104. The van der Waals surface area contributed by atoms with Gasteiger partial charge >= 0.3 is 0 Å². The molecule has 0 spiro atoms. The van der Waals surface area contributed by atoms with Crippen molar-refractivity contribution in [3.05, 3.63) is 0 Å². The van der Waals surface area contributed by atoms with Gasteiger partial charge in [-0.15, -0.1) is 0 Å². The molecule has 12 nitrogen and oxygen atoms in total. The topological polar surface area (TPSA) is 177 Å². The Morgan fingerprint density at radius 2 is 0.317 bits per heavy atom. The van der Waals surface area contributed by atoms with E-state index in [0.717, 1.165) is 107 Å². The normalized spacial score (nSPS) is 15.6. The summed E-state index contributed by atoms with van der Waals surface area (Å²) < 4.78 is 37.2. The molecule has 0 aliphatic heterocycles. The first kappa shape index (κ1) is 125. The zero-order chi connectivity index (χ0) is 94.1. The molecule has 0 aliphatic rings. The Hall–Kier alpha value is 0.821. The van der Waals surface area contributed by atoms with Crippen LogP contribution in [-0.2, 0) is 28.4 Å². The van der Waals surface area contributed by atoms with E-state index in [1.165, 1.54) is 109 Å². The van der Waals surface area contributed by atoms with Crippen LogP contribution in [-0.4, -0.2) is 195 Å². The summed E-state index contributed by atoms with van der Waals surface area (Å²) in [7, 11) is -8.94. The number of aliphatic hydroxyl groups is 6. The molecule has 0 aliphatic carbocycles. The van der Waals surface area contributed by atoms with E-state index in [0.29, 0.717) is 72.1 Å². The summed E-state index contributed by atoms with van der Waals surface area (Å²) in [5.41, 5.74) is 6.29. The quantitative estimate of drug-likeness (QED) is 0.0251. The van der Waals surface area contributed by atoms with E-state index in [1.54, 1.807) is 0 Å². The Morgan fingerprint density at radius 3 is 0.425 bits per heavy atom. The van der Waals surface area contributed by atoms with Crippen molar-refractivity contribution in [3.63, 3.8) is 0 Å². The molecular formula is C102H222O12Si6. The van der Waals surface area contributed by atoms with Crippen molar-refractivity contribution in [2.24, 2.45) is 68.0 Å². The Labute approximate surface area is 757 Å². The summed E-state index contributed by atoms with van der Waals surface area (Å²) in [6.07, 6.45) is 3.32. The van der Waals surface area contributed by atoms with Crippen molar-refractivity contribution in [2.45, 2.75) is 508 Å². The van der Waals surface area contributed by atoms with Gasteiger partial charge < -0.3 is 59.1 Å². The van der Waals surface area contributed by atoms with Gasteiger partial charge in [-0.2, -0.15) is 0 Å². The second kappa shape index (κ2) is 59.4. The van der Waals surface area contributed by atoms with E-state index in [2.05, 4.69) is 291 Å². The molecule has 6 N–H and O–H groups in total. The molecule has 0 saturated carbocycles. The molecule has 6 atom stereocenters. The minimum Gasteiger partial charge on any atom is -0.394 e. The van der Waals surface area contributed by atoms with Crippen molar-refractivity contribution >= 4 is 48.4 Å². The van der Waals surface area contributed by atoms with Gasteiger partial charge in [0.1, 0.15) is 36.6 Å². The Bertz CT molecular complexity index is 2130. The maximum absolute atomic E-state index is 10.3. The molecule has 726 valence electrons. The molecule has 0 saturated heterocycles. The average Bonchev–Trinajstić information content (AvgIpc) is 0.821. The molecule has 0 radical (unpaired) electrons. The van der Waals surface area contributed by atoms with Crippen LogP contribution in [0.2, 0.25) is 142 Å². The maximum Gasteiger partial charge on any atom is 0.109 e. The predicted molar refractivity (Wildman–Crippen MR) is 546 cm³/mol. The predicted octanol–water partition coefficient (Wildman–Crippen LogP) is 28.9. The van der Waals surface area contributed by atoms with Crippen LogP contribution in [0.4, 0.5) is 0 Å². The standard InChI is InChI=1S/C40H86O4Si2.C34H74O4Si2.C28H62O4Si2/c1-35(2,3)27-45(28-36(4,5)6,29-37(7,8)9)23-19-21-43-33(25-41)34(26-42)44-22-20-24-46(30-38(10,11)12,31-39(13,14)15)32-40(16,17)18;1-27(2)21-39(22-28(3)4,23-29(5)6)17-13-15-37-33(19-35)34(20-36)38-16-14-18-40(24-30(7)8,25-31(9)10)26-32(11)12;1-21(2)33(22(3)4,23(5)6)17-13-15-31-27(19-29)28(20-30)32-16-14-18-34(24(7)8,25(9)10)26(11)12/h33-34,41-42H,19-32H2,1-18H3;27-36H,13-26H2,1-12H3;21-30H,13-20H2,1-12H3/t2*33-,34+;27-,28+. The SMILES string of the molecule is CC(C)(C)C[Si](CCCO[C@@H](CO)[C@@H](CO)OCCC[Si](CC(C)(C)C)(CC(C)(C)C)CC(C)(C)C)(CC(C)(C)C)CC(C)(C)C.CC(C)C[Si](CCCO[C@@H](CO)[C@@H](CO)OCCC[Si](CC(C)C)(CC(C)C)CC(C)C)(CC(C)C)CC(C)C.CC(C)[Si](CCCO[C@@H](CO)[C@@H](CO)OCCC[Si](C(C)C)(C(C)C)C(C)C)(C(C)C)C(C)C. The van der Waals surface area contributed by atoms with E-state index in [9.17, 15) is 30.6 Å². The van der Waals surface area contributed by atoms with Crippen LogP contribution < -0.4 is 0 Å². The molecule has 120 heavy (non-hydrogen) atoms. The van der Waals surface area contributed by atoms with Crippen LogP contribution in [0.15, 0.2) is 0 Å². The van der Waals surface area contributed by atoms with Crippen LogP contribution in [0.1, 0.15) is 329 Å². The molecule has 0 amide bonds. The molecule has 0 aromatic carbocycles. The largest absolute Gasteiger partial charge is 0.394 e. The summed E-state index contributed by atoms with van der Waals surface area (Å²) in [6, 6.07) is 23.9. The third-order valence-corrected chi connectivity index (χ3v) is 68.1. The van der Waals surface area contributed by atoms with Crippen LogP contribution in [0, 0.1) is 68.0 Å². The molecule has 0 rings (SSSR count). The van der Waals surface area contributed by atoms with Gasteiger partial charge in [0.2, 0.25) is 0 Å². The number of hydrogen-bond acceptors (Lipinski definition) is 12. The Morgan fingerprint density at radius 1 is 0.192 bits per heavy atom. The van der Waals surface area contributed by atoms with Crippen molar-refractivity contribution in [1.29, 1.82) is 0 Å². The number of hydrogen-bond donors (Lipinski definition) is 6. The molecular weight excluding hydrogens is 1590 g/mol. The third kappa shape index (κ3) is 54.0. The first-order chi connectivity index (χ1) is 54.7. The van der Waals surface area contributed by atoms with E-state index < -0.39 is 85.1 Å². The van der Waals surface area contributed by atoms with Gasteiger partial charge in [-0.25, -0.2) is 0 Å². The molecule has 0 aromatic heterocycles. The lowest BCUT2D eigenvalue weighted by Gasteiger charge is -2.45. The summed E-state index contributed by atoms with van der Waals surface area (Å²) in [5.74, 6) is 4.45.